The molecule has 0 radical (unpaired) electrons. The summed E-state index contributed by atoms with van der Waals surface area (Å²) in [6.45, 7) is -0.252. The van der Waals surface area contributed by atoms with Crippen LogP contribution in [0.5, 0.6) is 5.75 Å². The number of hydrogen-bond acceptors (Lipinski definition) is 5. The molecule has 0 aliphatic heterocycles. The van der Waals surface area contributed by atoms with Crippen molar-refractivity contribution in [3.63, 3.8) is 0 Å². The second-order valence-electron chi connectivity index (χ2n) is 7.31. The third kappa shape index (κ3) is 5.22. The minimum Gasteiger partial charge on any atom is -0.495 e. The Morgan fingerprint density at radius 1 is 1.00 bits per heavy atom. The van der Waals surface area contributed by atoms with Crippen LogP contribution in [-0.4, -0.2) is 30.9 Å². The number of ether oxygens (including phenoxy) is 1. The SMILES string of the molecule is COc1ccccc1S(=O)(=O)N(Cc1ccc(C#N)cc1)Cc1ccc(C(F)(F)C(=O)O)cc1. The van der Waals surface area contributed by atoms with E-state index in [1.54, 1.807) is 36.4 Å². The summed E-state index contributed by atoms with van der Waals surface area (Å²) in [5, 5.41) is 17.7. The highest BCUT2D eigenvalue weighted by molar-refractivity contribution is 7.89. The van der Waals surface area contributed by atoms with E-state index in [0.717, 1.165) is 16.4 Å². The summed E-state index contributed by atoms with van der Waals surface area (Å²) in [5.74, 6) is -6.20. The molecule has 3 aromatic carbocycles. The third-order valence-electron chi connectivity index (χ3n) is 5.07. The van der Waals surface area contributed by atoms with Gasteiger partial charge in [0.05, 0.1) is 18.7 Å². The van der Waals surface area contributed by atoms with Gasteiger partial charge in [0.1, 0.15) is 10.6 Å². The second-order valence-corrected chi connectivity index (χ2v) is 9.22. The van der Waals surface area contributed by atoms with Crippen molar-refractivity contribution in [3.8, 4) is 11.8 Å². The number of nitriles is 1. The quantitative estimate of drug-likeness (QED) is 0.487. The Labute approximate surface area is 195 Å². The molecule has 0 aromatic heterocycles. The maximum Gasteiger partial charge on any atom is 0.379 e. The van der Waals surface area contributed by atoms with Crippen LogP contribution in [-0.2, 0) is 33.8 Å². The summed E-state index contributed by atoms with van der Waals surface area (Å²) >= 11 is 0. The Hall–Kier alpha value is -3.81. The first-order chi connectivity index (χ1) is 16.1. The van der Waals surface area contributed by atoms with Crippen molar-refractivity contribution < 1.29 is 31.8 Å². The number of carboxylic acids is 1. The van der Waals surface area contributed by atoms with E-state index >= 15 is 0 Å². The maximum atomic E-state index is 13.8. The molecule has 0 amide bonds. The number of hydrogen-bond donors (Lipinski definition) is 1. The van der Waals surface area contributed by atoms with Gasteiger partial charge in [-0.1, -0.05) is 48.5 Å². The van der Waals surface area contributed by atoms with Crippen molar-refractivity contribution in [2.24, 2.45) is 0 Å². The van der Waals surface area contributed by atoms with Gasteiger partial charge in [0.2, 0.25) is 10.0 Å². The Balaban J connectivity index is 1.99. The molecular weight excluding hydrogens is 466 g/mol. The first-order valence-electron chi connectivity index (χ1n) is 9.92. The van der Waals surface area contributed by atoms with Crippen LogP contribution >= 0.6 is 0 Å². The zero-order valence-corrected chi connectivity index (χ0v) is 18.8. The number of carbonyl (C=O) groups is 1. The lowest BCUT2D eigenvalue weighted by atomic mass is 10.1. The van der Waals surface area contributed by atoms with E-state index in [4.69, 9.17) is 15.1 Å². The predicted octanol–water partition coefficient (Wildman–Crippen LogP) is 4.13. The van der Waals surface area contributed by atoms with Gasteiger partial charge in [0.15, 0.2) is 0 Å². The van der Waals surface area contributed by atoms with Crippen LogP contribution in [0.1, 0.15) is 22.3 Å². The molecule has 0 heterocycles. The average Bonchev–Trinajstić information content (AvgIpc) is 2.84. The molecule has 3 aromatic rings. The van der Waals surface area contributed by atoms with Gasteiger partial charge in [-0.3, -0.25) is 0 Å². The molecule has 10 heteroatoms. The summed E-state index contributed by atoms with van der Waals surface area (Å²) in [6, 6.07) is 18.9. The lowest BCUT2D eigenvalue weighted by Gasteiger charge is -2.24. The number of alkyl halides is 2. The van der Waals surface area contributed by atoms with Gasteiger partial charge >= 0.3 is 11.9 Å². The van der Waals surface area contributed by atoms with Gasteiger partial charge in [-0.05, 0) is 35.4 Å². The van der Waals surface area contributed by atoms with Crippen LogP contribution in [0.2, 0.25) is 0 Å². The molecule has 0 saturated carbocycles. The molecule has 176 valence electrons. The lowest BCUT2D eigenvalue weighted by Crippen LogP contribution is -2.30. The van der Waals surface area contributed by atoms with Crippen LogP contribution in [0.25, 0.3) is 0 Å². The Morgan fingerprint density at radius 3 is 2.03 bits per heavy atom. The number of methoxy groups -OCH3 is 1. The van der Waals surface area contributed by atoms with Crippen molar-refractivity contribution >= 4 is 16.0 Å². The number of sulfonamides is 1. The van der Waals surface area contributed by atoms with Gasteiger partial charge in [-0.15, -0.1) is 0 Å². The molecule has 0 unspecified atom stereocenters. The van der Waals surface area contributed by atoms with E-state index in [-0.39, 0.29) is 23.7 Å². The standard InChI is InChI=1S/C24H20F2N2O5S/c1-33-21-4-2-3-5-22(21)34(31,32)28(15-18-8-6-17(14-27)7-9-18)16-19-10-12-20(13-11-19)24(25,26)23(29)30/h2-13H,15-16H2,1H3,(H,29,30). The Bertz CT molecular complexity index is 1320. The zero-order valence-electron chi connectivity index (χ0n) is 18.0. The molecule has 0 atom stereocenters. The number of aliphatic carboxylic acids is 1. The minimum atomic E-state index is -4.11. The van der Waals surface area contributed by atoms with Crippen molar-refractivity contribution in [1.29, 1.82) is 5.26 Å². The van der Waals surface area contributed by atoms with Crippen molar-refractivity contribution in [1.82, 2.24) is 4.31 Å². The van der Waals surface area contributed by atoms with Crippen LogP contribution in [0.3, 0.4) is 0 Å². The molecular formula is C24H20F2N2O5S. The van der Waals surface area contributed by atoms with Gasteiger partial charge in [0.25, 0.3) is 0 Å². The van der Waals surface area contributed by atoms with Gasteiger partial charge in [-0.25, -0.2) is 13.2 Å². The fourth-order valence-electron chi connectivity index (χ4n) is 3.23. The second kappa shape index (κ2) is 9.99. The van der Waals surface area contributed by atoms with Gasteiger partial charge in [-0.2, -0.15) is 18.3 Å². The number of halogens is 2. The highest BCUT2D eigenvalue weighted by atomic mass is 32.2. The number of para-hydroxylation sites is 1. The largest absolute Gasteiger partial charge is 0.495 e. The van der Waals surface area contributed by atoms with Crippen molar-refractivity contribution in [3.05, 3.63) is 95.1 Å². The molecule has 7 nitrogen and oxygen atoms in total. The Kier molecular flexibility index (Phi) is 7.29. The van der Waals surface area contributed by atoms with E-state index in [9.17, 15) is 22.0 Å². The first kappa shape index (κ1) is 24.8. The minimum absolute atomic E-state index is 0.0693. The molecule has 3 rings (SSSR count). The fourth-order valence-corrected chi connectivity index (χ4v) is 4.80. The zero-order chi connectivity index (χ0) is 24.9. The van der Waals surface area contributed by atoms with Crippen LogP contribution in [0.15, 0.2) is 77.7 Å². The highest BCUT2D eigenvalue weighted by Gasteiger charge is 2.40. The third-order valence-corrected chi connectivity index (χ3v) is 6.90. The van der Waals surface area contributed by atoms with Crippen LogP contribution < -0.4 is 4.74 Å². The first-order valence-corrected chi connectivity index (χ1v) is 11.4. The van der Waals surface area contributed by atoms with Crippen molar-refractivity contribution in [2.75, 3.05) is 7.11 Å². The van der Waals surface area contributed by atoms with E-state index in [1.807, 2.05) is 6.07 Å². The van der Waals surface area contributed by atoms with Crippen LogP contribution in [0.4, 0.5) is 8.78 Å². The number of nitrogens with zero attached hydrogens (tertiary/aromatic N) is 2. The van der Waals surface area contributed by atoms with Crippen molar-refractivity contribution in [2.45, 2.75) is 23.9 Å². The molecule has 0 saturated heterocycles. The predicted molar refractivity (Wildman–Crippen MR) is 119 cm³/mol. The topological polar surface area (TPSA) is 108 Å². The summed E-state index contributed by atoms with van der Waals surface area (Å²) < 4.78 is 61.0. The number of rotatable bonds is 9. The fraction of sp³-hybridized carbons (Fsp3) is 0.167. The van der Waals surface area contributed by atoms with E-state index < -0.39 is 27.5 Å². The molecule has 34 heavy (non-hydrogen) atoms. The van der Waals surface area contributed by atoms with Gasteiger partial charge in [0, 0.05) is 18.7 Å². The average molecular weight is 486 g/mol. The summed E-state index contributed by atoms with van der Waals surface area (Å²) in [5.41, 5.74) is 0.677. The lowest BCUT2D eigenvalue weighted by molar-refractivity contribution is -0.166. The summed E-state index contributed by atoms with van der Waals surface area (Å²) in [7, 11) is -2.76. The highest BCUT2D eigenvalue weighted by Crippen LogP contribution is 2.31. The molecule has 0 spiro atoms. The van der Waals surface area contributed by atoms with E-state index in [2.05, 4.69) is 0 Å². The number of carboxylic acid groups (broad SMARTS) is 1. The molecule has 0 fully saturated rings. The molecule has 0 aliphatic rings. The van der Waals surface area contributed by atoms with E-state index in [1.165, 1.54) is 31.4 Å². The van der Waals surface area contributed by atoms with E-state index in [0.29, 0.717) is 16.7 Å². The molecule has 1 N–H and O–H groups in total. The van der Waals surface area contributed by atoms with Crippen LogP contribution in [0, 0.1) is 11.3 Å². The smallest absolute Gasteiger partial charge is 0.379 e. The Morgan fingerprint density at radius 2 is 1.53 bits per heavy atom. The number of benzene rings is 3. The monoisotopic (exact) mass is 486 g/mol. The summed E-state index contributed by atoms with van der Waals surface area (Å²) in [4.78, 5) is 10.7. The summed E-state index contributed by atoms with van der Waals surface area (Å²) in [6.07, 6.45) is 0. The molecule has 0 bridgehead atoms. The maximum absolute atomic E-state index is 13.8. The van der Waals surface area contributed by atoms with Gasteiger partial charge < -0.3 is 9.84 Å². The normalized spacial score (nSPS) is 11.7. The molecule has 0 aliphatic carbocycles.